The zero-order valence-electron chi connectivity index (χ0n) is 11.6. The molecule has 0 saturated carbocycles. The number of anilines is 1. The molecule has 1 aromatic rings. The van der Waals surface area contributed by atoms with Crippen LogP contribution in [0.2, 0.25) is 0 Å². The third kappa shape index (κ3) is 4.04. The van der Waals surface area contributed by atoms with Gasteiger partial charge in [0, 0.05) is 33.4 Å². The minimum Gasteiger partial charge on any atom is -0.384 e. The molecule has 0 heterocycles. The number of amides is 1. The molecule has 0 aliphatic heterocycles. The van der Waals surface area contributed by atoms with Crippen LogP contribution in [-0.4, -0.2) is 45.2 Å². The summed E-state index contributed by atoms with van der Waals surface area (Å²) >= 11 is 0. The average Bonchev–Trinajstić information content (AvgIpc) is 2.36. The molecule has 0 bridgehead atoms. The fourth-order valence-corrected chi connectivity index (χ4v) is 1.69. The van der Waals surface area contributed by atoms with Crippen LogP contribution in [0.25, 0.3) is 0 Å². The third-order valence-electron chi connectivity index (χ3n) is 2.66. The normalized spacial score (nSPS) is 12.0. The van der Waals surface area contributed by atoms with Crippen molar-refractivity contribution in [1.82, 2.24) is 4.90 Å². The van der Waals surface area contributed by atoms with E-state index in [-0.39, 0.29) is 5.91 Å². The molecular formula is C14H22N2O2. The number of nitrogens with zero attached hydrogens (tertiary/aromatic N) is 1. The first-order valence-electron chi connectivity index (χ1n) is 6.09. The lowest BCUT2D eigenvalue weighted by Crippen LogP contribution is -2.24. The fourth-order valence-electron chi connectivity index (χ4n) is 1.69. The van der Waals surface area contributed by atoms with Crippen LogP contribution in [0.5, 0.6) is 0 Å². The van der Waals surface area contributed by atoms with Crippen LogP contribution in [0.3, 0.4) is 0 Å². The molecule has 18 heavy (non-hydrogen) atoms. The van der Waals surface area contributed by atoms with Crippen molar-refractivity contribution < 1.29 is 9.53 Å². The first kappa shape index (κ1) is 14.5. The number of para-hydroxylation sites is 1. The van der Waals surface area contributed by atoms with Gasteiger partial charge in [0.15, 0.2) is 0 Å². The van der Waals surface area contributed by atoms with Gasteiger partial charge in [0.1, 0.15) is 0 Å². The predicted octanol–water partition coefficient (Wildman–Crippen LogP) is 2.08. The van der Waals surface area contributed by atoms with E-state index in [2.05, 4.69) is 12.2 Å². The van der Waals surface area contributed by atoms with Gasteiger partial charge in [-0.25, -0.2) is 0 Å². The van der Waals surface area contributed by atoms with Gasteiger partial charge in [-0.15, -0.1) is 0 Å². The molecule has 0 fully saturated rings. The highest BCUT2D eigenvalue weighted by atomic mass is 16.5. The lowest BCUT2D eigenvalue weighted by Gasteiger charge is -2.17. The minimum atomic E-state index is 0.0116. The van der Waals surface area contributed by atoms with E-state index in [1.807, 2.05) is 24.3 Å². The van der Waals surface area contributed by atoms with Gasteiger partial charge < -0.3 is 15.0 Å². The van der Waals surface area contributed by atoms with Crippen molar-refractivity contribution in [2.45, 2.75) is 6.92 Å². The molecule has 0 radical (unpaired) electrons. The SMILES string of the molecule is COCC(C)CNc1ccccc1C(=O)N(C)C. The Labute approximate surface area is 109 Å². The maximum Gasteiger partial charge on any atom is 0.255 e. The third-order valence-corrected chi connectivity index (χ3v) is 2.66. The Morgan fingerprint density at radius 3 is 2.67 bits per heavy atom. The quantitative estimate of drug-likeness (QED) is 0.840. The second-order valence-corrected chi connectivity index (χ2v) is 4.69. The van der Waals surface area contributed by atoms with Crippen LogP contribution in [0, 0.1) is 5.92 Å². The summed E-state index contributed by atoms with van der Waals surface area (Å²) in [5.41, 5.74) is 1.58. The van der Waals surface area contributed by atoms with Gasteiger partial charge >= 0.3 is 0 Å². The molecule has 4 nitrogen and oxygen atoms in total. The Hall–Kier alpha value is -1.55. The number of ether oxygens (including phenoxy) is 1. The Morgan fingerprint density at radius 1 is 1.39 bits per heavy atom. The summed E-state index contributed by atoms with van der Waals surface area (Å²) in [5.74, 6) is 0.412. The Bertz CT molecular complexity index is 391. The highest BCUT2D eigenvalue weighted by Crippen LogP contribution is 2.16. The van der Waals surface area contributed by atoms with E-state index in [4.69, 9.17) is 4.74 Å². The van der Waals surface area contributed by atoms with E-state index in [1.54, 1.807) is 26.1 Å². The van der Waals surface area contributed by atoms with Crippen molar-refractivity contribution in [2.24, 2.45) is 5.92 Å². The maximum atomic E-state index is 12.0. The van der Waals surface area contributed by atoms with Gasteiger partial charge in [-0.05, 0) is 18.1 Å². The first-order chi connectivity index (χ1) is 8.56. The summed E-state index contributed by atoms with van der Waals surface area (Å²) < 4.78 is 5.09. The van der Waals surface area contributed by atoms with Crippen molar-refractivity contribution >= 4 is 11.6 Å². The highest BCUT2D eigenvalue weighted by molar-refractivity contribution is 5.99. The molecule has 0 spiro atoms. The molecule has 0 aliphatic rings. The van der Waals surface area contributed by atoms with Crippen LogP contribution in [0.15, 0.2) is 24.3 Å². The van der Waals surface area contributed by atoms with E-state index < -0.39 is 0 Å². The Kier molecular flexibility index (Phi) is 5.65. The number of methoxy groups -OCH3 is 1. The van der Waals surface area contributed by atoms with Gasteiger partial charge in [-0.1, -0.05) is 19.1 Å². The standard InChI is InChI=1S/C14H22N2O2/c1-11(10-18-4)9-15-13-8-6-5-7-12(13)14(17)16(2)3/h5-8,11,15H,9-10H2,1-4H3. The van der Waals surface area contributed by atoms with Crippen molar-refractivity contribution in [3.05, 3.63) is 29.8 Å². The lowest BCUT2D eigenvalue weighted by atomic mass is 10.1. The van der Waals surface area contributed by atoms with E-state index in [9.17, 15) is 4.79 Å². The molecule has 100 valence electrons. The van der Waals surface area contributed by atoms with Crippen LogP contribution in [-0.2, 0) is 4.74 Å². The smallest absolute Gasteiger partial charge is 0.255 e. The van der Waals surface area contributed by atoms with Crippen LogP contribution in [0.1, 0.15) is 17.3 Å². The molecule has 1 rings (SSSR count). The summed E-state index contributed by atoms with van der Waals surface area (Å²) in [5, 5.41) is 3.31. The molecule has 4 heteroatoms. The number of carbonyl (C=O) groups is 1. The molecule has 1 aromatic carbocycles. The summed E-state index contributed by atoms with van der Waals surface area (Å²) in [4.78, 5) is 13.6. The molecule has 1 N–H and O–H groups in total. The van der Waals surface area contributed by atoms with E-state index in [0.29, 0.717) is 18.1 Å². The van der Waals surface area contributed by atoms with Crippen molar-refractivity contribution in [3.63, 3.8) is 0 Å². The molecule has 0 aromatic heterocycles. The van der Waals surface area contributed by atoms with E-state index >= 15 is 0 Å². The lowest BCUT2D eigenvalue weighted by molar-refractivity contribution is 0.0828. The van der Waals surface area contributed by atoms with Crippen LogP contribution >= 0.6 is 0 Å². The Morgan fingerprint density at radius 2 is 2.06 bits per heavy atom. The Balaban J connectivity index is 2.73. The number of carbonyl (C=O) groups excluding carboxylic acids is 1. The summed E-state index contributed by atoms with van der Waals surface area (Å²) in [7, 11) is 5.21. The predicted molar refractivity (Wildman–Crippen MR) is 74.0 cm³/mol. The molecule has 1 amide bonds. The second-order valence-electron chi connectivity index (χ2n) is 4.69. The van der Waals surface area contributed by atoms with Gasteiger partial charge in [-0.2, -0.15) is 0 Å². The molecule has 1 unspecified atom stereocenters. The number of rotatable bonds is 6. The monoisotopic (exact) mass is 250 g/mol. The number of hydrogen-bond donors (Lipinski definition) is 1. The van der Waals surface area contributed by atoms with Gasteiger partial charge in [0.25, 0.3) is 5.91 Å². The average molecular weight is 250 g/mol. The van der Waals surface area contributed by atoms with Gasteiger partial charge in [-0.3, -0.25) is 4.79 Å². The van der Waals surface area contributed by atoms with E-state index in [0.717, 1.165) is 12.2 Å². The fraction of sp³-hybridized carbons (Fsp3) is 0.500. The van der Waals surface area contributed by atoms with E-state index in [1.165, 1.54) is 0 Å². The topological polar surface area (TPSA) is 41.6 Å². The molecule has 1 atom stereocenters. The van der Waals surface area contributed by atoms with Gasteiger partial charge in [0.2, 0.25) is 0 Å². The molecule has 0 aliphatic carbocycles. The number of hydrogen-bond acceptors (Lipinski definition) is 3. The highest BCUT2D eigenvalue weighted by Gasteiger charge is 2.12. The number of nitrogens with one attached hydrogen (secondary N) is 1. The summed E-state index contributed by atoms with van der Waals surface area (Å²) in [6.45, 7) is 3.59. The summed E-state index contributed by atoms with van der Waals surface area (Å²) in [6.07, 6.45) is 0. The van der Waals surface area contributed by atoms with Crippen LogP contribution in [0.4, 0.5) is 5.69 Å². The zero-order chi connectivity index (χ0) is 13.5. The summed E-state index contributed by atoms with van der Waals surface area (Å²) in [6, 6.07) is 7.57. The molecule has 0 saturated heterocycles. The zero-order valence-corrected chi connectivity index (χ0v) is 11.6. The minimum absolute atomic E-state index is 0.0116. The largest absolute Gasteiger partial charge is 0.384 e. The van der Waals surface area contributed by atoms with Crippen molar-refractivity contribution in [3.8, 4) is 0 Å². The second kappa shape index (κ2) is 7.01. The van der Waals surface area contributed by atoms with Crippen molar-refractivity contribution in [1.29, 1.82) is 0 Å². The van der Waals surface area contributed by atoms with Crippen LogP contribution < -0.4 is 5.32 Å². The van der Waals surface area contributed by atoms with Crippen molar-refractivity contribution in [2.75, 3.05) is 39.7 Å². The maximum absolute atomic E-state index is 12.0. The first-order valence-corrected chi connectivity index (χ1v) is 6.09. The number of benzene rings is 1. The van der Waals surface area contributed by atoms with Gasteiger partial charge in [0.05, 0.1) is 12.2 Å². The molecular weight excluding hydrogens is 228 g/mol.